The Morgan fingerprint density at radius 1 is 1.26 bits per heavy atom. The quantitative estimate of drug-likeness (QED) is 0.745. The molecule has 4 nitrogen and oxygen atoms in total. The van der Waals surface area contributed by atoms with Crippen molar-refractivity contribution >= 4 is 18.3 Å². The Morgan fingerprint density at radius 3 is 2.53 bits per heavy atom. The largest absolute Gasteiger partial charge is 0.355 e. The number of piperidine rings is 1. The molecule has 1 aliphatic heterocycles. The van der Waals surface area contributed by atoms with Gasteiger partial charge in [-0.25, -0.2) is 0 Å². The average molecular weight is 290 g/mol. The maximum Gasteiger partial charge on any atom is 0.234 e. The Bertz CT molecular complexity index is 265. The van der Waals surface area contributed by atoms with Gasteiger partial charge in [-0.15, -0.1) is 12.4 Å². The monoisotopic (exact) mass is 289 g/mol. The Morgan fingerprint density at radius 2 is 1.95 bits per heavy atom. The van der Waals surface area contributed by atoms with Gasteiger partial charge in [0.25, 0.3) is 0 Å². The second-order valence-electron chi connectivity index (χ2n) is 5.70. The van der Waals surface area contributed by atoms with Crippen molar-refractivity contribution in [3.8, 4) is 0 Å². The van der Waals surface area contributed by atoms with E-state index in [4.69, 9.17) is 0 Å². The molecule has 0 spiro atoms. The molecule has 0 radical (unpaired) electrons. The molecule has 1 aliphatic carbocycles. The van der Waals surface area contributed by atoms with Crippen LogP contribution < -0.4 is 10.6 Å². The van der Waals surface area contributed by atoms with Crippen molar-refractivity contribution < 1.29 is 4.79 Å². The minimum Gasteiger partial charge on any atom is -0.355 e. The molecule has 2 aliphatic rings. The molecule has 5 heteroatoms. The Hall–Kier alpha value is -0.320. The number of rotatable bonds is 7. The number of carbonyl (C=O) groups is 1. The van der Waals surface area contributed by atoms with Crippen LogP contribution in [0.3, 0.4) is 0 Å². The van der Waals surface area contributed by atoms with Crippen molar-refractivity contribution in [3.63, 3.8) is 0 Å². The summed E-state index contributed by atoms with van der Waals surface area (Å²) in [5, 5.41) is 6.46. The first-order valence-electron chi connectivity index (χ1n) is 7.51. The predicted molar refractivity (Wildman–Crippen MR) is 80.7 cm³/mol. The zero-order valence-corrected chi connectivity index (χ0v) is 12.8. The second kappa shape index (κ2) is 8.77. The van der Waals surface area contributed by atoms with E-state index in [0.717, 1.165) is 38.5 Å². The van der Waals surface area contributed by atoms with Crippen LogP contribution in [0, 0.1) is 5.92 Å². The highest BCUT2D eigenvalue weighted by Crippen LogP contribution is 2.27. The first kappa shape index (κ1) is 16.7. The predicted octanol–water partition coefficient (Wildman–Crippen LogP) is 1.40. The number of hydrogen-bond donors (Lipinski definition) is 2. The fraction of sp³-hybridized carbons (Fsp3) is 0.929. The van der Waals surface area contributed by atoms with Crippen LogP contribution in [-0.2, 0) is 4.79 Å². The molecule has 0 aromatic heterocycles. The topological polar surface area (TPSA) is 44.4 Å². The van der Waals surface area contributed by atoms with Crippen molar-refractivity contribution in [1.82, 2.24) is 15.5 Å². The summed E-state index contributed by atoms with van der Waals surface area (Å²) in [7, 11) is 0. The van der Waals surface area contributed by atoms with Crippen LogP contribution in [0.2, 0.25) is 0 Å². The fourth-order valence-corrected chi connectivity index (χ4v) is 2.67. The number of nitrogens with zero attached hydrogens (tertiary/aromatic N) is 1. The third-order valence-corrected chi connectivity index (χ3v) is 3.97. The van der Waals surface area contributed by atoms with Crippen LogP contribution in [0.1, 0.15) is 39.0 Å². The van der Waals surface area contributed by atoms with Gasteiger partial charge >= 0.3 is 0 Å². The lowest BCUT2D eigenvalue weighted by molar-refractivity contribution is -0.123. The van der Waals surface area contributed by atoms with Crippen molar-refractivity contribution in [3.05, 3.63) is 0 Å². The number of carbonyl (C=O) groups excluding carboxylic acids is 1. The van der Waals surface area contributed by atoms with E-state index in [9.17, 15) is 4.79 Å². The SMILES string of the molecule is CCCN(CC(=O)NCC1CC1)C1CCNCC1.Cl. The van der Waals surface area contributed by atoms with Crippen LogP contribution in [0.15, 0.2) is 0 Å². The molecule has 0 atom stereocenters. The molecular formula is C14H28ClN3O. The van der Waals surface area contributed by atoms with E-state index in [1.807, 2.05) is 0 Å². The van der Waals surface area contributed by atoms with Gasteiger partial charge in [0, 0.05) is 12.6 Å². The van der Waals surface area contributed by atoms with Crippen LogP contribution in [0.5, 0.6) is 0 Å². The molecule has 1 amide bonds. The molecule has 0 unspecified atom stereocenters. The average Bonchev–Trinajstić information content (AvgIpc) is 3.21. The third-order valence-electron chi connectivity index (χ3n) is 3.97. The second-order valence-corrected chi connectivity index (χ2v) is 5.70. The molecule has 0 aromatic carbocycles. The molecule has 2 fully saturated rings. The van der Waals surface area contributed by atoms with Crippen molar-refractivity contribution in [2.45, 2.75) is 45.1 Å². The maximum absolute atomic E-state index is 11.9. The van der Waals surface area contributed by atoms with E-state index in [1.165, 1.54) is 25.7 Å². The van der Waals surface area contributed by atoms with Gasteiger partial charge in [0.15, 0.2) is 0 Å². The Balaban J connectivity index is 0.00000180. The lowest BCUT2D eigenvalue weighted by Crippen LogP contribution is -2.47. The molecule has 1 heterocycles. The van der Waals surface area contributed by atoms with Gasteiger partial charge in [0.1, 0.15) is 0 Å². The highest BCUT2D eigenvalue weighted by Gasteiger charge is 2.24. The third kappa shape index (κ3) is 6.11. The highest BCUT2D eigenvalue weighted by atomic mass is 35.5. The van der Waals surface area contributed by atoms with E-state index in [0.29, 0.717) is 12.6 Å². The molecule has 1 saturated carbocycles. The van der Waals surface area contributed by atoms with Crippen LogP contribution in [-0.4, -0.2) is 49.6 Å². The summed E-state index contributed by atoms with van der Waals surface area (Å²) in [6, 6.07) is 0.595. The molecular weight excluding hydrogens is 262 g/mol. The molecule has 1 saturated heterocycles. The molecule has 0 aromatic rings. The van der Waals surface area contributed by atoms with Gasteiger partial charge in [-0.1, -0.05) is 6.92 Å². The van der Waals surface area contributed by atoms with Crippen LogP contribution in [0.25, 0.3) is 0 Å². The van der Waals surface area contributed by atoms with Crippen molar-refractivity contribution in [2.24, 2.45) is 5.92 Å². The maximum atomic E-state index is 11.9. The molecule has 2 N–H and O–H groups in total. The van der Waals surface area contributed by atoms with E-state index in [-0.39, 0.29) is 18.3 Å². The summed E-state index contributed by atoms with van der Waals surface area (Å²) in [6.07, 6.45) is 6.08. The first-order chi connectivity index (χ1) is 8.79. The number of nitrogens with one attached hydrogen (secondary N) is 2. The molecule has 19 heavy (non-hydrogen) atoms. The standard InChI is InChI=1S/C14H27N3O.ClH/c1-2-9-17(13-5-7-15-8-6-13)11-14(18)16-10-12-3-4-12;/h12-13,15H,2-11H2,1H3,(H,16,18);1H. The first-order valence-corrected chi connectivity index (χ1v) is 7.51. The Labute approximate surface area is 123 Å². The van der Waals surface area contributed by atoms with Crippen molar-refractivity contribution in [2.75, 3.05) is 32.7 Å². The zero-order chi connectivity index (χ0) is 12.8. The minimum atomic E-state index is 0. The van der Waals surface area contributed by atoms with Gasteiger partial charge in [0.05, 0.1) is 6.54 Å². The lowest BCUT2D eigenvalue weighted by atomic mass is 10.0. The summed E-state index contributed by atoms with van der Waals surface area (Å²) in [6.45, 7) is 6.90. The summed E-state index contributed by atoms with van der Waals surface area (Å²) < 4.78 is 0. The Kier molecular flexibility index (Phi) is 7.73. The van der Waals surface area contributed by atoms with Gasteiger partial charge in [0.2, 0.25) is 5.91 Å². The van der Waals surface area contributed by atoms with Gasteiger partial charge in [-0.2, -0.15) is 0 Å². The van der Waals surface area contributed by atoms with Gasteiger partial charge < -0.3 is 10.6 Å². The summed E-state index contributed by atoms with van der Waals surface area (Å²) in [5.74, 6) is 0.987. The van der Waals surface area contributed by atoms with Crippen LogP contribution >= 0.6 is 12.4 Å². The van der Waals surface area contributed by atoms with E-state index in [2.05, 4.69) is 22.5 Å². The molecule has 0 bridgehead atoms. The smallest absolute Gasteiger partial charge is 0.234 e. The summed E-state index contributed by atoms with van der Waals surface area (Å²) >= 11 is 0. The number of halogens is 1. The van der Waals surface area contributed by atoms with Crippen molar-refractivity contribution in [1.29, 1.82) is 0 Å². The lowest BCUT2D eigenvalue weighted by Gasteiger charge is -2.34. The molecule has 112 valence electrons. The highest BCUT2D eigenvalue weighted by molar-refractivity contribution is 5.85. The fourth-order valence-electron chi connectivity index (χ4n) is 2.67. The van der Waals surface area contributed by atoms with Gasteiger partial charge in [-0.05, 0) is 57.7 Å². The summed E-state index contributed by atoms with van der Waals surface area (Å²) in [5.41, 5.74) is 0. The molecule has 2 rings (SSSR count). The zero-order valence-electron chi connectivity index (χ0n) is 12.0. The summed E-state index contributed by atoms with van der Waals surface area (Å²) in [4.78, 5) is 14.3. The number of hydrogen-bond acceptors (Lipinski definition) is 3. The van der Waals surface area contributed by atoms with E-state index < -0.39 is 0 Å². The van der Waals surface area contributed by atoms with E-state index in [1.54, 1.807) is 0 Å². The van der Waals surface area contributed by atoms with Gasteiger partial charge in [-0.3, -0.25) is 9.69 Å². The number of amides is 1. The normalized spacial score (nSPS) is 20.1. The van der Waals surface area contributed by atoms with E-state index >= 15 is 0 Å². The van der Waals surface area contributed by atoms with Crippen LogP contribution in [0.4, 0.5) is 0 Å². The minimum absolute atomic E-state index is 0.